The highest BCUT2D eigenvalue weighted by molar-refractivity contribution is 7.09. The average molecular weight is 268 g/mol. The van der Waals surface area contributed by atoms with Gasteiger partial charge in [-0.05, 0) is 31.0 Å². The van der Waals surface area contributed by atoms with Gasteiger partial charge in [0.05, 0.1) is 6.54 Å². The summed E-state index contributed by atoms with van der Waals surface area (Å²) >= 11 is 1.77. The number of hydrogen-bond donors (Lipinski definition) is 2. The summed E-state index contributed by atoms with van der Waals surface area (Å²) in [5.41, 5.74) is 5.81. The van der Waals surface area contributed by atoms with Gasteiger partial charge in [-0.3, -0.25) is 4.99 Å². The lowest BCUT2D eigenvalue weighted by Gasteiger charge is -2.16. The predicted octanol–water partition coefficient (Wildman–Crippen LogP) is 1.54. The monoisotopic (exact) mass is 268 g/mol. The lowest BCUT2D eigenvalue weighted by Crippen LogP contribution is -2.34. The molecule has 4 nitrogen and oxygen atoms in total. The molecule has 0 radical (unpaired) electrons. The molecule has 0 bridgehead atoms. The minimum Gasteiger partial charge on any atom is -0.370 e. The van der Waals surface area contributed by atoms with Gasteiger partial charge in [-0.2, -0.15) is 0 Å². The van der Waals surface area contributed by atoms with Gasteiger partial charge >= 0.3 is 0 Å². The number of rotatable bonds is 8. The molecule has 1 rings (SSSR count). The summed E-state index contributed by atoms with van der Waals surface area (Å²) < 4.78 is 0. The number of hydrogen-bond acceptors (Lipinski definition) is 3. The smallest absolute Gasteiger partial charge is 0.188 e. The number of guanidine groups is 1. The van der Waals surface area contributed by atoms with E-state index in [1.165, 1.54) is 4.88 Å². The summed E-state index contributed by atoms with van der Waals surface area (Å²) in [5, 5.41) is 5.24. The van der Waals surface area contributed by atoms with E-state index in [2.05, 4.69) is 46.6 Å². The maximum absolute atomic E-state index is 5.81. The third-order valence-electron chi connectivity index (χ3n) is 2.85. The van der Waals surface area contributed by atoms with Gasteiger partial charge in [0.25, 0.3) is 0 Å². The van der Waals surface area contributed by atoms with Gasteiger partial charge in [0.15, 0.2) is 5.96 Å². The van der Waals surface area contributed by atoms with E-state index >= 15 is 0 Å². The van der Waals surface area contributed by atoms with Crippen LogP contribution in [0.3, 0.4) is 0 Å². The van der Waals surface area contributed by atoms with E-state index in [1.54, 1.807) is 11.3 Å². The average Bonchev–Trinajstić information content (AvgIpc) is 2.88. The molecule has 18 heavy (non-hydrogen) atoms. The Morgan fingerprint density at radius 2 is 2.22 bits per heavy atom. The molecule has 0 fully saturated rings. The van der Waals surface area contributed by atoms with E-state index in [-0.39, 0.29) is 0 Å². The lowest BCUT2D eigenvalue weighted by atomic mass is 10.3. The van der Waals surface area contributed by atoms with Crippen molar-refractivity contribution >= 4 is 17.3 Å². The molecule has 0 amide bonds. The first-order valence-electron chi connectivity index (χ1n) is 6.54. The van der Waals surface area contributed by atoms with Crippen LogP contribution in [0.25, 0.3) is 0 Å². The lowest BCUT2D eigenvalue weighted by molar-refractivity contribution is 0.313. The third kappa shape index (κ3) is 6.02. The van der Waals surface area contributed by atoms with Crippen LogP contribution in [0, 0.1) is 0 Å². The maximum Gasteiger partial charge on any atom is 0.188 e. The topological polar surface area (TPSA) is 53.6 Å². The van der Waals surface area contributed by atoms with Crippen molar-refractivity contribution in [2.45, 2.75) is 20.3 Å². The summed E-state index contributed by atoms with van der Waals surface area (Å²) in [6.45, 7) is 9.04. The molecule has 0 saturated carbocycles. The van der Waals surface area contributed by atoms with Crippen molar-refractivity contribution in [1.82, 2.24) is 10.2 Å². The largest absolute Gasteiger partial charge is 0.370 e. The molecule has 0 spiro atoms. The van der Waals surface area contributed by atoms with Gasteiger partial charge < -0.3 is 16.0 Å². The van der Waals surface area contributed by atoms with Crippen LogP contribution in [0.1, 0.15) is 18.7 Å². The summed E-state index contributed by atoms with van der Waals surface area (Å²) in [5.74, 6) is 0.554. The molecule has 0 saturated heterocycles. The van der Waals surface area contributed by atoms with Crippen molar-refractivity contribution in [3.8, 4) is 0 Å². The Hall–Kier alpha value is -1.07. The Kier molecular flexibility index (Phi) is 7.44. The summed E-state index contributed by atoms with van der Waals surface area (Å²) in [4.78, 5) is 8.03. The Labute approximate surface area is 114 Å². The van der Waals surface area contributed by atoms with E-state index in [4.69, 9.17) is 5.73 Å². The van der Waals surface area contributed by atoms with E-state index in [0.29, 0.717) is 5.96 Å². The molecule has 0 aliphatic rings. The minimum atomic E-state index is 0.554. The molecule has 0 unspecified atom stereocenters. The minimum absolute atomic E-state index is 0.554. The van der Waals surface area contributed by atoms with Crippen molar-refractivity contribution in [3.05, 3.63) is 22.4 Å². The molecule has 1 heterocycles. The van der Waals surface area contributed by atoms with Crippen molar-refractivity contribution in [1.29, 1.82) is 0 Å². The van der Waals surface area contributed by atoms with E-state index in [1.807, 2.05) is 0 Å². The molecule has 0 aliphatic heterocycles. The molecule has 5 heteroatoms. The van der Waals surface area contributed by atoms with Crippen molar-refractivity contribution < 1.29 is 0 Å². The Balaban J connectivity index is 2.13. The fourth-order valence-corrected chi connectivity index (χ4v) is 2.39. The summed E-state index contributed by atoms with van der Waals surface area (Å²) in [6, 6.07) is 4.21. The number of nitrogens with zero attached hydrogens (tertiary/aromatic N) is 2. The molecule has 1 aromatic rings. The molecule has 3 N–H and O–H groups in total. The first-order chi connectivity index (χ1) is 8.76. The molecule has 0 atom stereocenters. The second kappa shape index (κ2) is 8.94. The fourth-order valence-electron chi connectivity index (χ4n) is 1.68. The molecular weight excluding hydrogens is 244 g/mol. The molecular formula is C13H24N4S. The van der Waals surface area contributed by atoms with E-state index < -0.39 is 0 Å². The highest BCUT2D eigenvalue weighted by Gasteiger charge is 1.98. The zero-order valence-corrected chi connectivity index (χ0v) is 12.2. The van der Waals surface area contributed by atoms with Crippen LogP contribution >= 0.6 is 11.3 Å². The maximum atomic E-state index is 5.81. The van der Waals surface area contributed by atoms with Crippen LogP contribution in [0.2, 0.25) is 0 Å². The second-order valence-electron chi connectivity index (χ2n) is 4.05. The fraction of sp³-hybridized carbons (Fsp3) is 0.615. The molecule has 0 aliphatic carbocycles. The van der Waals surface area contributed by atoms with Gasteiger partial charge in [0.1, 0.15) is 0 Å². The van der Waals surface area contributed by atoms with Crippen molar-refractivity contribution in [2.75, 3.05) is 32.7 Å². The summed E-state index contributed by atoms with van der Waals surface area (Å²) in [6.07, 6.45) is 1.00. The number of likely N-dealkylation sites (N-methyl/N-ethyl adjacent to an activating group) is 1. The van der Waals surface area contributed by atoms with Crippen molar-refractivity contribution in [3.63, 3.8) is 0 Å². The Morgan fingerprint density at radius 3 is 2.83 bits per heavy atom. The SMILES string of the molecule is CCN(CC)CCN=C(N)NCCc1cccs1. The highest BCUT2D eigenvalue weighted by Crippen LogP contribution is 2.07. The third-order valence-corrected chi connectivity index (χ3v) is 3.79. The Bertz CT molecular complexity index is 331. The number of aliphatic imine (C=N–C) groups is 1. The van der Waals surface area contributed by atoms with Crippen LogP contribution in [-0.4, -0.2) is 43.6 Å². The highest BCUT2D eigenvalue weighted by atomic mass is 32.1. The van der Waals surface area contributed by atoms with Crippen molar-refractivity contribution in [2.24, 2.45) is 10.7 Å². The molecule has 102 valence electrons. The van der Waals surface area contributed by atoms with Crippen LogP contribution in [0.15, 0.2) is 22.5 Å². The van der Waals surface area contributed by atoms with Crippen LogP contribution in [0.4, 0.5) is 0 Å². The molecule has 0 aromatic carbocycles. The molecule has 1 aromatic heterocycles. The van der Waals surface area contributed by atoms with Gasteiger partial charge in [-0.15, -0.1) is 11.3 Å². The van der Waals surface area contributed by atoms with Gasteiger partial charge in [0, 0.05) is 18.0 Å². The Morgan fingerprint density at radius 1 is 1.44 bits per heavy atom. The van der Waals surface area contributed by atoms with Gasteiger partial charge in [0.2, 0.25) is 0 Å². The quantitative estimate of drug-likeness (QED) is 0.555. The van der Waals surface area contributed by atoms with E-state index in [0.717, 1.165) is 39.1 Å². The normalized spacial score (nSPS) is 12.1. The van der Waals surface area contributed by atoms with E-state index in [9.17, 15) is 0 Å². The zero-order chi connectivity index (χ0) is 13.2. The van der Waals surface area contributed by atoms with Crippen LogP contribution in [0.5, 0.6) is 0 Å². The van der Waals surface area contributed by atoms with Crippen LogP contribution in [-0.2, 0) is 6.42 Å². The number of nitrogens with two attached hydrogens (primary N) is 1. The first kappa shape index (κ1) is 15.0. The number of nitrogens with one attached hydrogen (secondary N) is 1. The predicted molar refractivity (Wildman–Crippen MR) is 80.3 cm³/mol. The van der Waals surface area contributed by atoms with Gasteiger partial charge in [-0.25, -0.2) is 0 Å². The standard InChI is InChI=1S/C13H24N4S/c1-3-17(4-2)10-9-16-13(14)15-8-7-12-6-5-11-18-12/h5-6,11H,3-4,7-10H2,1-2H3,(H3,14,15,16). The number of thiophene rings is 1. The zero-order valence-electron chi connectivity index (χ0n) is 11.4. The van der Waals surface area contributed by atoms with Gasteiger partial charge in [-0.1, -0.05) is 19.9 Å². The van der Waals surface area contributed by atoms with Crippen LogP contribution < -0.4 is 11.1 Å². The second-order valence-corrected chi connectivity index (χ2v) is 5.08. The summed E-state index contributed by atoms with van der Waals surface area (Å²) in [7, 11) is 0. The first-order valence-corrected chi connectivity index (χ1v) is 7.42.